The first-order valence-corrected chi connectivity index (χ1v) is 11.2. The molecule has 0 radical (unpaired) electrons. The maximum Gasteiger partial charge on any atom is 0.260 e. The summed E-state index contributed by atoms with van der Waals surface area (Å²) in [5.41, 5.74) is 2.16. The predicted octanol–water partition coefficient (Wildman–Crippen LogP) is 2.98. The first-order valence-electron chi connectivity index (χ1n) is 9.00. The molecule has 2 aromatic rings. The zero-order valence-corrected chi connectivity index (χ0v) is 18.3. The molecule has 6 nitrogen and oxygen atoms in total. The van der Waals surface area contributed by atoms with E-state index in [-0.39, 0.29) is 30.5 Å². The van der Waals surface area contributed by atoms with Crippen LogP contribution in [0.3, 0.4) is 0 Å². The van der Waals surface area contributed by atoms with Gasteiger partial charge in [-0.2, -0.15) is 4.31 Å². The van der Waals surface area contributed by atoms with Gasteiger partial charge in [0.2, 0.25) is 10.0 Å². The van der Waals surface area contributed by atoms with Crippen LogP contribution in [-0.4, -0.2) is 56.3 Å². The maximum absolute atomic E-state index is 12.8. The van der Waals surface area contributed by atoms with Gasteiger partial charge in [-0.1, -0.05) is 28.1 Å². The molecule has 0 unspecified atom stereocenters. The number of carbonyl (C=O) groups is 1. The Labute approximate surface area is 174 Å². The molecule has 1 fully saturated rings. The van der Waals surface area contributed by atoms with E-state index in [9.17, 15) is 13.2 Å². The van der Waals surface area contributed by atoms with E-state index in [0.717, 1.165) is 11.1 Å². The van der Waals surface area contributed by atoms with E-state index in [0.29, 0.717) is 23.3 Å². The van der Waals surface area contributed by atoms with E-state index in [4.69, 9.17) is 4.74 Å². The lowest BCUT2D eigenvalue weighted by Gasteiger charge is -2.34. The van der Waals surface area contributed by atoms with Crippen molar-refractivity contribution in [3.8, 4) is 5.75 Å². The SMILES string of the molecule is Cc1cc(C)cc(OCC(=O)N2CCN(S(=O)(=O)c3cccc(Br)c3)CC2)c1. The number of amides is 1. The van der Waals surface area contributed by atoms with Crippen molar-refractivity contribution in [3.05, 3.63) is 58.1 Å². The summed E-state index contributed by atoms with van der Waals surface area (Å²) in [6.07, 6.45) is 0. The van der Waals surface area contributed by atoms with Crippen molar-refractivity contribution in [1.29, 1.82) is 0 Å². The summed E-state index contributed by atoms with van der Waals surface area (Å²) >= 11 is 3.30. The first-order chi connectivity index (χ1) is 13.3. The molecular formula is C20H23BrN2O4S. The van der Waals surface area contributed by atoms with Crippen LogP contribution in [0.4, 0.5) is 0 Å². The second-order valence-electron chi connectivity index (χ2n) is 6.85. The third-order valence-corrected chi connectivity index (χ3v) is 6.97. The second kappa shape index (κ2) is 8.63. The fourth-order valence-electron chi connectivity index (χ4n) is 3.21. The highest BCUT2D eigenvalue weighted by molar-refractivity contribution is 9.10. The van der Waals surface area contributed by atoms with E-state index < -0.39 is 10.0 Å². The molecule has 2 aromatic carbocycles. The zero-order valence-electron chi connectivity index (χ0n) is 15.9. The number of sulfonamides is 1. The Balaban J connectivity index is 1.56. The monoisotopic (exact) mass is 466 g/mol. The Hall–Kier alpha value is -1.90. The number of hydrogen-bond donors (Lipinski definition) is 0. The minimum atomic E-state index is -3.56. The van der Waals surface area contributed by atoms with E-state index >= 15 is 0 Å². The van der Waals surface area contributed by atoms with Gasteiger partial charge in [-0.15, -0.1) is 0 Å². The van der Waals surface area contributed by atoms with Crippen molar-refractivity contribution in [2.24, 2.45) is 0 Å². The van der Waals surface area contributed by atoms with Crippen LogP contribution < -0.4 is 4.74 Å². The highest BCUT2D eigenvalue weighted by Crippen LogP contribution is 2.21. The molecule has 1 aliphatic rings. The number of halogens is 1. The fourth-order valence-corrected chi connectivity index (χ4v) is 5.23. The highest BCUT2D eigenvalue weighted by atomic mass is 79.9. The van der Waals surface area contributed by atoms with Crippen LogP contribution in [-0.2, 0) is 14.8 Å². The van der Waals surface area contributed by atoms with Gasteiger partial charge in [-0.25, -0.2) is 8.42 Å². The molecule has 0 saturated carbocycles. The van der Waals surface area contributed by atoms with E-state index in [1.165, 1.54) is 4.31 Å². The summed E-state index contributed by atoms with van der Waals surface area (Å²) in [6, 6.07) is 12.5. The predicted molar refractivity (Wildman–Crippen MR) is 111 cm³/mol. The number of aryl methyl sites for hydroxylation is 2. The molecule has 8 heteroatoms. The third kappa shape index (κ3) is 4.92. The van der Waals surface area contributed by atoms with Gasteiger partial charge in [0.25, 0.3) is 5.91 Å². The Morgan fingerprint density at radius 1 is 1.04 bits per heavy atom. The zero-order chi connectivity index (χ0) is 20.3. The molecule has 3 rings (SSSR count). The standard InChI is InChI=1S/C20H23BrN2O4S/c1-15-10-16(2)12-18(11-15)27-14-20(24)22-6-8-23(9-7-22)28(25,26)19-5-3-4-17(21)13-19/h3-5,10-13H,6-9,14H2,1-2H3. The van der Waals surface area contributed by atoms with Gasteiger partial charge in [-0.05, 0) is 55.3 Å². The molecule has 1 aliphatic heterocycles. The third-order valence-electron chi connectivity index (χ3n) is 4.58. The molecule has 0 aliphatic carbocycles. The molecular weight excluding hydrogens is 444 g/mol. The Bertz CT molecular complexity index is 950. The van der Waals surface area contributed by atoms with Crippen LogP contribution in [0.15, 0.2) is 51.8 Å². The van der Waals surface area contributed by atoms with Gasteiger partial charge < -0.3 is 9.64 Å². The van der Waals surface area contributed by atoms with Gasteiger partial charge in [0.15, 0.2) is 6.61 Å². The topological polar surface area (TPSA) is 66.9 Å². The number of piperazine rings is 1. The fraction of sp³-hybridized carbons (Fsp3) is 0.350. The van der Waals surface area contributed by atoms with E-state index in [1.54, 1.807) is 29.2 Å². The molecule has 0 N–H and O–H groups in total. The van der Waals surface area contributed by atoms with Gasteiger partial charge in [0, 0.05) is 30.7 Å². The Morgan fingerprint density at radius 3 is 2.29 bits per heavy atom. The summed E-state index contributed by atoms with van der Waals surface area (Å²) in [5, 5.41) is 0. The number of hydrogen-bond acceptors (Lipinski definition) is 4. The van der Waals surface area contributed by atoms with Crippen molar-refractivity contribution in [3.63, 3.8) is 0 Å². The van der Waals surface area contributed by atoms with Crippen LogP contribution in [0.1, 0.15) is 11.1 Å². The number of carbonyl (C=O) groups excluding carboxylic acids is 1. The van der Waals surface area contributed by atoms with Gasteiger partial charge in [-0.3, -0.25) is 4.79 Å². The summed E-state index contributed by atoms with van der Waals surface area (Å²) in [6.45, 7) is 5.14. The summed E-state index contributed by atoms with van der Waals surface area (Å²) < 4.78 is 33.3. The number of rotatable bonds is 5. The second-order valence-corrected chi connectivity index (χ2v) is 9.71. The summed E-state index contributed by atoms with van der Waals surface area (Å²) in [4.78, 5) is 14.3. The molecule has 28 heavy (non-hydrogen) atoms. The minimum Gasteiger partial charge on any atom is -0.484 e. The quantitative estimate of drug-likeness (QED) is 0.679. The average molecular weight is 467 g/mol. The molecule has 1 saturated heterocycles. The molecule has 0 bridgehead atoms. The normalized spacial score (nSPS) is 15.5. The first kappa shape index (κ1) is 20.8. The van der Waals surface area contributed by atoms with Crippen LogP contribution >= 0.6 is 15.9 Å². The van der Waals surface area contributed by atoms with Crippen molar-refractivity contribution in [2.75, 3.05) is 32.8 Å². The van der Waals surface area contributed by atoms with Crippen LogP contribution in [0, 0.1) is 13.8 Å². The van der Waals surface area contributed by atoms with Crippen molar-refractivity contribution in [2.45, 2.75) is 18.7 Å². The molecule has 0 atom stereocenters. The minimum absolute atomic E-state index is 0.0543. The van der Waals surface area contributed by atoms with Gasteiger partial charge in [0.1, 0.15) is 5.75 Å². The largest absolute Gasteiger partial charge is 0.484 e. The molecule has 150 valence electrons. The smallest absolute Gasteiger partial charge is 0.260 e. The van der Waals surface area contributed by atoms with Gasteiger partial charge in [0.05, 0.1) is 4.90 Å². The lowest BCUT2D eigenvalue weighted by atomic mass is 10.1. The van der Waals surface area contributed by atoms with E-state index in [1.807, 2.05) is 32.0 Å². The van der Waals surface area contributed by atoms with Crippen LogP contribution in [0.5, 0.6) is 5.75 Å². The van der Waals surface area contributed by atoms with Crippen molar-refractivity contribution in [1.82, 2.24) is 9.21 Å². The molecule has 0 aromatic heterocycles. The van der Waals surface area contributed by atoms with Crippen molar-refractivity contribution >= 4 is 31.9 Å². The number of benzene rings is 2. The lowest BCUT2D eigenvalue weighted by Crippen LogP contribution is -2.51. The Morgan fingerprint density at radius 2 is 1.68 bits per heavy atom. The molecule has 1 heterocycles. The average Bonchev–Trinajstić information content (AvgIpc) is 2.65. The molecule has 0 spiro atoms. The van der Waals surface area contributed by atoms with E-state index in [2.05, 4.69) is 15.9 Å². The van der Waals surface area contributed by atoms with Gasteiger partial charge >= 0.3 is 0 Å². The van der Waals surface area contributed by atoms with Crippen LogP contribution in [0.2, 0.25) is 0 Å². The Kier molecular flexibility index (Phi) is 6.42. The van der Waals surface area contributed by atoms with Crippen LogP contribution in [0.25, 0.3) is 0 Å². The highest BCUT2D eigenvalue weighted by Gasteiger charge is 2.30. The summed E-state index contributed by atoms with van der Waals surface area (Å²) in [7, 11) is -3.56. The lowest BCUT2D eigenvalue weighted by molar-refractivity contribution is -0.134. The molecule has 1 amide bonds. The maximum atomic E-state index is 12.8. The van der Waals surface area contributed by atoms with Crippen molar-refractivity contribution < 1.29 is 17.9 Å². The summed E-state index contributed by atoms with van der Waals surface area (Å²) in [5.74, 6) is 0.528. The number of ether oxygens (including phenoxy) is 1. The number of nitrogens with zero attached hydrogens (tertiary/aromatic N) is 2.